The second-order valence-corrected chi connectivity index (χ2v) is 5.30. The molecule has 1 aromatic heterocycles. The quantitative estimate of drug-likeness (QED) is 0.883. The molecule has 0 aliphatic carbocycles. The fourth-order valence-electron chi connectivity index (χ4n) is 2.84. The van der Waals surface area contributed by atoms with Crippen molar-refractivity contribution in [1.82, 2.24) is 9.88 Å². The summed E-state index contributed by atoms with van der Waals surface area (Å²) in [4.78, 5) is 6.62. The van der Waals surface area contributed by atoms with Crippen LogP contribution in [0.25, 0.3) is 0 Å². The van der Waals surface area contributed by atoms with Crippen molar-refractivity contribution < 1.29 is 4.74 Å². The Hall–Kier alpha value is -0.970. The average Bonchev–Trinajstić information content (AvgIpc) is 2.28. The summed E-state index contributed by atoms with van der Waals surface area (Å²) < 4.78 is 5.78. The lowest BCUT2D eigenvalue weighted by molar-refractivity contribution is -0.0831. The van der Waals surface area contributed by atoms with E-state index in [1.165, 1.54) is 5.56 Å². The molecule has 4 nitrogen and oxygen atoms in total. The van der Waals surface area contributed by atoms with Crippen LogP contribution >= 0.6 is 0 Å². The lowest BCUT2D eigenvalue weighted by Crippen LogP contribution is -2.50. The molecule has 1 aliphatic rings. The van der Waals surface area contributed by atoms with E-state index in [4.69, 9.17) is 10.5 Å². The molecule has 2 N–H and O–H groups in total. The lowest BCUT2D eigenvalue weighted by atomic mass is 9.99. The molecule has 2 heterocycles. The molecule has 4 atom stereocenters. The van der Waals surface area contributed by atoms with Gasteiger partial charge in [-0.2, -0.15) is 0 Å². The van der Waals surface area contributed by atoms with Crippen molar-refractivity contribution >= 4 is 0 Å². The highest BCUT2D eigenvalue weighted by Crippen LogP contribution is 2.26. The van der Waals surface area contributed by atoms with E-state index in [-0.39, 0.29) is 24.3 Å². The van der Waals surface area contributed by atoms with E-state index in [0.29, 0.717) is 0 Å². The van der Waals surface area contributed by atoms with Gasteiger partial charge in [0.2, 0.25) is 0 Å². The highest BCUT2D eigenvalue weighted by molar-refractivity contribution is 5.16. The fraction of sp³-hybridized carbons (Fsp3) is 0.643. The molecule has 1 aromatic rings. The van der Waals surface area contributed by atoms with Crippen molar-refractivity contribution in [2.75, 3.05) is 13.1 Å². The molecular weight excluding hydrogens is 226 g/mol. The fourth-order valence-corrected chi connectivity index (χ4v) is 2.84. The van der Waals surface area contributed by atoms with Crippen molar-refractivity contribution in [3.63, 3.8) is 0 Å². The molecule has 0 radical (unpaired) electrons. The maximum atomic E-state index is 6.18. The van der Waals surface area contributed by atoms with E-state index in [9.17, 15) is 0 Å². The summed E-state index contributed by atoms with van der Waals surface area (Å²) in [5.41, 5.74) is 7.37. The molecule has 0 bridgehead atoms. The zero-order chi connectivity index (χ0) is 13.1. The highest BCUT2D eigenvalue weighted by Gasteiger charge is 2.30. The van der Waals surface area contributed by atoms with E-state index in [0.717, 1.165) is 13.1 Å². The summed E-state index contributed by atoms with van der Waals surface area (Å²) in [5, 5.41) is 0. The van der Waals surface area contributed by atoms with Gasteiger partial charge in [0.1, 0.15) is 0 Å². The van der Waals surface area contributed by atoms with E-state index in [1.807, 2.05) is 12.3 Å². The third-order valence-corrected chi connectivity index (χ3v) is 3.37. The van der Waals surface area contributed by atoms with Crippen molar-refractivity contribution in [3.8, 4) is 0 Å². The van der Waals surface area contributed by atoms with Crippen molar-refractivity contribution in [3.05, 3.63) is 30.1 Å². The summed E-state index contributed by atoms with van der Waals surface area (Å²) >= 11 is 0. The zero-order valence-corrected chi connectivity index (χ0v) is 11.4. The van der Waals surface area contributed by atoms with Gasteiger partial charge in [0.05, 0.1) is 18.2 Å². The molecule has 1 aliphatic heterocycles. The van der Waals surface area contributed by atoms with Gasteiger partial charge in [0, 0.05) is 31.5 Å². The van der Waals surface area contributed by atoms with Gasteiger partial charge in [-0.25, -0.2) is 0 Å². The minimum Gasteiger partial charge on any atom is -0.373 e. The second-order valence-electron chi connectivity index (χ2n) is 5.30. The molecule has 2 unspecified atom stereocenters. The summed E-state index contributed by atoms with van der Waals surface area (Å²) in [6.45, 7) is 8.13. The van der Waals surface area contributed by atoms with Gasteiger partial charge in [0.15, 0.2) is 0 Å². The number of ether oxygens (including phenoxy) is 1. The number of aromatic nitrogens is 1. The molecule has 1 saturated heterocycles. The van der Waals surface area contributed by atoms with Gasteiger partial charge >= 0.3 is 0 Å². The van der Waals surface area contributed by atoms with Crippen LogP contribution in [0.15, 0.2) is 24.5 Å². The first-order chi connectivity index (χ1) is 8.58. The molecule has 0 saturated carbocycles. The number of pyridine rings is 1. The van der Waals surface area contributed by atoms with Crippen molar-refractivity contribution in [2.45, 2.75) is 45.1 Å². The van der Waals surface area contributed by atoms with Gasteiger partial charge in [-0.15, -0.1) is 0 Å². The summed E-state index contributed by atoms with van der Waals surface area (Å²) in [6, 6.07) is 4.36. The van der Waals surface area contributed by atoms with Crippen LogP contribution in [0, 0.1) is 0 Å². The first kappa shape index (κ1) is 13.5. The van der Waals surface area contributed by atoms with Crippen LogP contribution in [0.4, 0.5) is 0 Å². The third kappa shape index (κ3) is 3.07. The number of rotatable bonds is 3. The Morgan fingerprint density at radius 1 is 1.39 bits per heavy atom. The smallest absolute Gasteiger partial charge is 0.0678 e. The van der Waals surface area contributed by atoms with Gasteiger partial charge in [-0.3, -0.25) is 9.88 Å². The van der Waals surface area contributed by atoms with Crippen LogP contribution in [-0.4, -0.2) is 41.2 Å². The molecule has 0 aromatic carbocycles. The SMILES string of the molecule is CC(N)C(c1cccnc1)N1C[C@@H](C)O[C@@H](C)C1. The Bertz CT molecular complexity index is 359. The largest absolute Gasteiger partial charge is 0.373 e. The number of nitrogens with zero attached hydrogens (tertiary/aromatic N) is 2. The predicted octanol–water partition coefficient (Wildman–Crippen LogP) is 1.58. The third-order valence-electron chi connectivity index (χ3n) is 3.37. The van der Waals surface area contributed by atoms with E-state index >= 15 is 0 Å². The van der Waals surface area contributed by atoms with Crippen LogP contribution in [0.5, 0.6) is 0 Å². The van der Waals surface area contributed by atoms with Crippen molar-refractivity contribution in [2.24, 2.45) is 5.73 Å². The molecule has 1 fully saturated rings. The highest BCUT2D eigenvalue weighted by atomic mass is 16.5. The molecule has 18 heavy (non-hydrogen) atoms. The lowest BCUT2D eigenvalue weighted by Gasteiger charge is -2.41. The van der Waals surface area contributed by atoms with E-state index in [1.54, 1.807) is 6.20 Å². The normalized spacial score (nSPS) is 28.9. The maximum absolute atomic E-state index is 6.18. The minimum atomic E-state index is 0.0756. The van der Waals surface area contributed by atoms with Crippen LogP contribution in [0.3, 0.4) is 0 Å². The van der Waals surface area contributed by atoms with E-state index in [2.05, 4.69) is 36.7 Å². The first-order valence-electron chi connectivity index (χ1n) is 6.63. The standard InChI is InChI=1S/C14H23N3O/c1-10-8-17(9-11(2)18-10)14(12(3)15)13-5-4-6-16-7-13/h4-7,10-12,14H,8-9,15H2,1-3H3/t10-,11+,12?,14?. The van der Waals surface area contributed by atoms with Gasteiger partial charge in [-0.1, -0.05) is 6.07 Å². The second kappa shape index (κ2) is 5.78. The molecule has 0 spiro atoms. The molecule has 0 amide bonds. The number of nitrogens with two attached hydrogens (primary N) is 1. The number of hydrogen-bond acceptors (Lipinski definition) is 4. The van der Waals surface area contributed by atoms with Crippen molar-refractivity contribution in [1.29, 1.82) is 0 Å². The summed E-state index contributed by atoms with van der Waals surface area (Å²) in [5.74, 6) is 0. The topological polar surface area (TPSA) is 51.4 Å². The van der Waals surface area contributed by atoms with Crippen LogP contribution < -0.4 is 5.73 Å². The monoisotopic (exact) mass is 249 g/mol. The van der Waals surface area contributed by atoms with Gasteiger partial charge < -0.3 is 10.5 Å². The summed E-state index contributed by atoms with van der Waals surface area (Å²) in [6.07, 6.45) is 4.23. The number of morpholine rings is 1. The predicted molar refractivity (Wildman–Crippen MR) is 72.2 cm³/mol. The summed E-state index contributed by atoms with van der Waals surface area (Å²) in [7, 11) is 0. The Morgan fingerprint density at radius 3 is 2.56 bits per heavy atom. The molecule has 2 rings (SSSR count). The van der Waals surface area contributed by atoms with E-state index < -0.39 is 0 Å². The van der Waals surface area contributed by atoms with Crippen LogP contribution in [0.1, 0.15) is 32.4 Å². The zero-order valence-electron chi connectivity index (χ0n) is 11.4. The molecule has 100 valence electrons. The maximum Gasteiger partial charge on any atom is 0.0678 e. The Morgan fingerprint density at radius 2 is 2.06 bits per heavy atom. The van der Waals surface area contributed by atoms with Gasteiger partial charge in [0.25, 0.3) is 0 Å². The molecule has 4 heteroatoms. The molecular formula is C14H23N3O. The average molecular weight is 249 g/mol. The van der Waals surface area contributed by atoms with Crippen LogP contribution in [0.2, 0.25) is 0 Å². The Balaban J connectivity index is 2.20. The minimum absolute atomic E-state index is 0.0756. The Labute approximate surface area is 109 Å². The van der Waals surface area contributed by atoms with Crippen LogP contribution in [-0.2, 0) is 4.74 Å². The first-order valence-corrected chi connectivity index (χ1v) is 6.63. The number of hydrogen-bond donors (Lipinski definition) is 1. The van der Waals surface area contributed by atoms with Gasteiger partial charge in [-0.05, 0) is 32.4 Å². The Kier molecular flexibility index (Phi) is 4.32.